The summed E-state index contributed by atoms with van der Waals surface area (Å²) in [5.41, 5.74) is 0. The molecule has 0 amide bonds. The van der Waals surface area contributed by atoms with Gasteiger partial charge in [0.15, 0.2) is 0 Å². The van der Waals surface area contributed by atoms with Gasteiger partial charge in [0.1, 0.15) is 0 Å². The highest BCUT2D eigenvalue weighted by Crippen LogP contribution is 2.02. The zero-order valence-corrected chi connectivity index (χ0v) is 5.93. The summed E-state index contributed by atoms with van der Waals surface area (Å²) in [6.07, 6.45) is 0. The van der Waals surface area contributed by atoms with Gasteiger partial charge in [-0.1, -0.05) is 12.1 Å². The zero-order chi connectivity index (χ0) is 7.61. The van der Waals surface area contributed by atoms with Crippen LogP contribution >= 0.6 is 0 Å². The van der Waals surface area contributed by atoms with Crippen molar-refractivity contribution in [2.24, 2.45) is 5.14 Å². The van der Waals surface area contributed by atoms with E-state index in [0.717, 1.165) is 0 Å². The standard InChI is InChI=1S/C6H6NO2S/c7-10(8,9)6-4-2-1-3-5-6/h1-2,4-5H,(H2,7,8,9). The van der Waals surface area contributed by atoms with Gasteiger partial charge in [0, 0.05) is 0 Å². The van der Waals surface area contributed by atoms with Crippen molar-refractivity contribution in [3.8, 4) is 0 Å². The highest BCUT2D eigenvalue weighted by Gasteiger charge is 2.03. The smallest absolute Gasteiger partial charge is 0.225 e. The molecule has 2 N–H and O–H groups in total. The van der Waals surface area contributed by atoms with Crippen LogP contribution in [0.1, 0.15) is 0 Å². The first-order valence-corrected chi connectivity index (χ1v) is 4.14. The van der Waals surface area contributed by atoms with Crippen molar-refractivity contribution >= 4 is 10.0 Å². The van der Waals surface area contributed by atoms with Gasteiger partial charge < -0.3 is 0 Å². The summed E-state index contributed by atoms with van der Waals surface area (Å²) < 4.78 is 21.2. The molecule has 0 saturated carbocycles. The second-order valence-corrected chi connectivity index (χ2v) is 3.35. The molecule has 1 rings (SSSR count). The Balaban J connectivity index is 3.22. The van der Waals surface area contributed by atoms with Crippen LogP contribution in [0.5, 0.6) is 0 Å². The van der Waals surface area contributed by atoms with Crippen molar-refractivity contribution in [3.63, 3.8) is 0 Å². The fourth-order valence-electron chi connectivity index (χ4n) is 0.554. The van der Waals surface area contributed by atoms with E-state index < -0.39 is 10.0 Å². The number of hydrogen-bond donors (Lipinski definition) is 1. The third-order valence-corrected chi connectivity index (χ3v) is 1.92. The lowest BCUT2D eigenvalue weighted by Crippen LogP contribution is -2.11. The van der Waals surface area contributed by atoms with Crippen molar-refractivity contribution in [1.82, 2.24) is 0 Å². The minimum atomic E-state index is -3.53. The van der Waals surface area contributed by atoms with E-state index in [1.165, 1.54) is 12.1 Å². The molecule has 1 aromatic carbocycles. The van der Waals surface area contributed by atoms with Gasteiger partial charge in [-0.2, -0.15) is 0 Å². The van der Waals surface area contributed by atoms with Gasteiger partial charge in [-0.05, 0) is 18.2 Å². The van der Waals surface area contributed by atoms with Crippen LogP contribution in [-0.2, 0) is 10.0 Å². The predicted octanol–water partition coefficient (Wildman–Crippen LogP) is 0.134. The predicted molar refractivity (Wildman–Crippen MR) is 36.7 cm³/mol. The molecule has 0 spiro atoms. The summed E-state index contributed by atoms with van der Waals surface area (Å²) in [5, 5.41) is 4.81. The normalized spacial score (nSPS) is 11.3. The molecule has 1 aromatic rings. The molecular weight excluding hydrogens is 150 g/mol. The second-order valence-electron chi connectivity index (χ2n) is 1.78. The van der Waals surface area contributed by atoms with E-state index in [0.29, 0.717) is 0 Å². The Morgan fingerprint density at radius 3 is 2.50 bits per heavy atom. The van der Waals surface area contributed by atoms with Crippen LogP contribution in [0.3, 0.4) is 0 Å². The first-order chi connectivity index (χ1) is 4.61. The second kappa shape index (κ2) is 2.40. The number of sulfonamides is 1. The van der Waals surface area contributed by atoms with Crippen LogP contribution < -0.4 is 5.14 Å². The molecule has 0 aliphatic heterocycles. The molecule has 4 heteroatoms. The van der Waals surface area contributed by atoms with Gasteiger partial charge in [0.05, 0.1) is 4.90 Å². The molecule has 0 atom stereocenters. The van der Waals surface area contributed by atoms with Gasteiger partial charge in [0.25, 0.3) is 0 Å². The van der Waals surface area contributed by atoms with E-state index in [4.69, 9.17) is 5.14 Å². The Morgan fingerprint density at radius 2 is 2.20 bits per heavy atom. The molecule has 53 valence electrons. The summed E-state index contributed by atoms with van der Waals surface area (Å²) in [7, 11) is -3.53. The van der Waals surface area contributed by atoms with E-state index in [-0.39, 0.29) is 4.90 Å². The number of hydrogen-bond acceptors (Lipinski definition) is 2. The Labute approximate surface area is 59.5 Å². The number of benzene rings is 1. The average Bonchev–Trinajstić information content (AvgIpc) is 1.88. The maximum atomic E-state index is 10.6. The SMILES string of the molecule is NS(=O)(=O)c1c[c]ccc1. The Hall–Kier alpha value is -0.870. The van der Waals surface area contributed by atoms with Gasteiger partial charge in [-0.3, -0.25) is 0 Å². The molecule has 0 bridgehead atoms. The van der Waals surface area contributed by atoms with Crippen molar-refractivity contribution < 1.29 is 8.42 Å². The average molecular weight is 156 g/mol. The molecule has 0 heterocycles. The molecule has 10 heavy (non-hydrogen) atoms. The quantitative estimate of drug-likeness (QED) is 0.628. The van der Waals surface area contributed by atoms with E-state index in [9.17, 15) is 8.42 Å². The van der Waals surface area contributed by atoms with Gasteiger partial charge in [-0.15, -0.1) is 0 Å². The molecule has 0 aromatic heterocycles. The van der Waals surface area contributed by atoms with Crippen LogP contribution in [0, 0.1) is 6.07 Å². The lowest BCUT2D eigenvalue weighted by atomic mass is 10.4. The van der Waals surface area contributed by atoms with E-state index in [2.05, 4.69) is 6.07 Å². The first kappa shape index (κ1) is 7.24. The minimum absolute atomic E-state index is 0.0926. The Kier molecular flexibility index (Phi) is 1.74. The molecule has 1 radical (unpaired) electrons. The topological polar surface area (TPSA) is 60.2 Å². The fourth-order valence-corrected chi connectivity index (χ4v) is 1.05. The highest BCUT2D eigenvalue weighted by molar-refractivity contribution is 7.89. The summed E-state index contributed by atoms with van der Waals surface area (Å²) in [6.45, 7) is 0. The molecular formula is C6H6NO2S. The van der Waals surface area contributed by atoms with Crippen LogP contribution in [0.15, 0.2) is 29.2 Å². The molecule has 0 aliphatic rings. The van der Waals surface area contributed by atoms with Gasteiger partial charge in [0.2, 0.25) is 10.0 Å². The molecule has 0 unspecified atom stereocenters. The van der Waals surface area contributed by atoms with E-state index in [1.807, 2.05) is 0 Å². The number of rotatable bonds is 1. The summed E-state index contributed by atoms with van der Waals surface area (Å²) in [5.74, 6) is 0. The first-order valence-electron chi connectivity index (χ1n) is 2.59. The third kappa shape index (κ3) is 1.55. The molecule has 0 aliphatic carbocycles. The molecule has 3 nitrogen and oxygen atoms in total. The van der Waals surface area contributed by atoms with Crippen molar-refractivity contribution in [3.05, 3.63) is 30.3 Å². The minimum Gasteiger partial charge on any atom is -0.225 e. The lowest BCUT2D eigenvalue weighted by Gasteiger charge is -1.93. The monoisotopic (exact) mass is 156 g/mol. The van der Waals surface area contributed by atoms with Crippen LogP contribution in [0.4, 0.5) is 0 Å². The zero-order valence-electron chi connectivity index (χ0n) is 5.11. The van der Waals surface area contributed by atoms with Crippen LogP contribution in [-0.4, -0.2) is 8.42 Å². The lowest BCUT2D eigenvalue weighted by molar-refractivity contribution is 0.598. The van der Waals surface area contributed by atoms with Crippen LogP contribution in [0.2, 0.25) is 0 Å². The van der Waals surface area contributed by atoms with Crippen molar-refractivity contribution in [1.29, 1.82) is 0 Å². The molecule has 0 fully saturated rings. The van der Waals surface area contributed by atoms with E-state index >= 15 is 0 Å². The maximum absolute atomic E-state index is 10.6. The number of primary sulfonamides is 1. The van der Waals surface area contributed by atoms with Crippen molar-refractivity contribution in [2.75, 3.05) is 0 Å². The van der Waals surface area contributed by atoms with Gasteiger partial charge in [-0.25, -0.2) is 13.6 Å². The summed E-state index contributed by atoms with van der Waals surface area (Å²) in [4.78, 5) is 0.0926. The maximum Gasteiger partial charge on any atom is 0.238 e. The van der Waals surface area contributed by atoms with Gasteiger partial charge >= 0.3 is 0 Å². The fraction of sp³-hybridized carbons (Fsp3) is 0. The largest absolute Gasteiger partial charge is 0.238 e. The van der Waals surface area contributed by atoms with Crippen LogP contribution in [0.25, 0.3) is 0 Å². The van der Waals surface area contributed by atoms with E-state index in [1.54, 1.807) is 12.1 Å². The third-order valence-electron chi connectivity index (χ3n) is 1.01. The summed E-state index contributed by atoms with van der Waals surface area (Å²) in [6, 6.07) is 8.53. The van der Waals surface area contributed by atoms with Crippen molar-refractivity contribution in [2.45, 2.75) is 4.90 Å². The summed E-state index contributed by atoms with van der Waals surface area (Å²) >= 11 is 0. The number of nitrogens with two attached hydrogens (primary N) is 1. The molecule has 0 saturated heterocycles. The highest BCUT2D eigenvalue weighted by atomic mass is 32.2. The Bertz CT molecular complexity index is 304. The Morgan fingerprint density at radius 1 is 1.50 bits per heavy atom.